The van der Waals surface area contributed by atoms with Crippen LogP contribution in [0.2, 0.25) is 0 Å². The van der Waals surface area contributed by atoms with Crippen molar-refractivity contribution in [3.05, 3.63) is 39.1 Å². The molecule has 2 heterocycles. The third-order valence-electron chi connectivity index (χ3n) is 3.69. The number of hydrogen-bond acceptors (Lipinski definition) is 5. The minimum atomic E-state index is -0.428. The monoisotopic (exact) mass is 317 g/mol. The van der Waals surface area contributed by atoms with E-state index in [1.165, 1.54) is 23.1 Å². The Morgan fingerprint density at radius 1 is 1.27 bits per heavy atom. The van der Waals surface area contributed by atoms with E-state index in [9.17, 15) is 9.59 Å². The number of fused-ring (bicyclic) bond motifs is 1. The summed E-state index contributed by atoms with van der Waals surface area (Å²) in [6.07, 6.45) is 0. The fraction of sp³-hybridized carbons (Fsp3) is 0.267. The molecule has 0 aliphatic carbocycles. The zero-order valence-corrected chi connectivity index (χ0v) is 13.5. The number of aryl methyl sites for hydroxylation is 3. The first-order valence-electron chi connectivity index (χ1n) is 6.65. The van der Waals surface area contributed by atoms with Gasteiger partial charge in [-0.3, -0.25) is 9.48 Å². The number of thiazole rings is 1. The average Bonchev–Trinajstić information content (AvgIpc) is 2.99. The Kier molecular flexibility index (Phi) is 3.37. The maximum atomic E-state index is 11.8. The van der Waals surface area contributed by atoms with Gasteiger partial charge in [-0.05, 0) is 30.7 Å². The van der Waals surface area contributed by atoms with Gasteiger partial charge in [-0.25, -0.2) is 4.79 Å². The molecule has 0 unspecified atom stereocenters. The van der Waals surface area contributed by atoms with E-state index in [1.807, 2.05) is 19.1 Å². The van der Waals surface area contributed by atoms with Crippen molar-refractivity contribution in [3.63, 3.8) is 0 Å². The Balaban J connectivity index is 2.22. The van der Waals surface area contributed by atoms with Crippen molar-refractivity contribution in [1.82, 2.24) is 14.3 Å². The van der Waals surface area contributed by atoms with Crippen LogP contribution < -0.4 is 4.87 Å². The molecule has 0 saturated heterocycles. The standard InChI is InChI=1S/C15H15N3O3S/c1-8-5-13-11(17(2)15(20)22-13)6-9(8)10-7-12(14(19)21-4)18(3)16-10/h5-7H,1-4H3. The van der Waals surface area contributed by atoms with Gasteiger partial charge in [-0.1, -0.05) is 11.3 Å². The molecule has 0 atom stereocenters. The van der Waals surface area contributed by atoms with Crippen LogP contribution in [0.5, 0.6) is 0 Å². The van der Waals surface area contributed by atoms with E-state index in [2.05, 4.69) is 5.10 Å². The van der Waals surface area contributed by atoms with Crippen molar-refractivity contribution < 1.29 is 9.53 Å². The van der Waals surface area contributed by atoms with E-state index >= 15 is 0 Å². The summed E-state index contributed by atoms with van der Waals surface area (Å²) in [4.78, 5) is 23.5. The molecule has 0 saturated carbocycles. The van der Waals surface area contributed by atoms with Crippen LogP contribution in [0.15, 0.2) is 23.0 Å². The summed E-state index contributed by atoms with van der Waals surface area (Å²) in [6.45, 7) is 1.96. The molecule has 0 radical (unpaired) electrons. The number of benzene rings is 1. The molecule has 6 nitrogen and oxygen atoms in total. The molecule has 2 aromatic heterocycles. The number of hydrogen-bond donors (Lipinski definition) is 0. The molecule has 3 aromatic rings. The fourth-order valence-electron chi connectivity index (χ4n) is 2.45. The van der Waals surface area contributed by atoms with Gasteiger partial charge in [0.2, 0.25) is 0 Å². The summed E-state index contributed by atoms with van der Waals surface area (Å²) in [5, 5.41) is 4.39. The summed E-state index contributed by atoms with van der Waals surface area (Å²) >= 11 is 1.22. The summed E-state index contributed by atoms with van der Waals surface area (Å²) in [7, 11) is 4.79. The van der Waals surface area contributed by atoms with Crippen LogP contribution in [0.3, 0.4) is 0 Å². The van der Waals surface area contributed by atoms with E-state index in [0.717, 1.165) is 21.3 Å². The molecule has 7 heteroatoms. The molecule has 114 valence electrons. The summed E-state index contributed by atoms with van der Waals surface area (Å²) < 4.78 is 8.80. The maximum Gasteiger partial charge on any atom is 0.356 e. The Morgan fingerprint density at radius 2 is 2.00 bits per heavy atom. The predicted octanol–water partition coefficient (Wildman–Crippen LogP) is 2.10. The number of ether oxygens (including phenoxy) is 1. The molecule has 0 N–H and O–H groups in total. The normalized spacial score (nSPS) is 11.1. The third kappa shape index (κ3) is 2.14. The number of aromatic nitrogens is 3. The lowest BCUT2D eigenvalue weighted by Crippen LogP contribution is -2.07. The molecule has 0 aliphatic heterocycles. The van der Waals surface area contributed by atoms with Crippen molar-refractivity contribution in [2.75, 3.05) is 7.11 Å². The Hall–Kier alpha value is -2.41. The lowest BCUT2D eigenvalue weighted by molar-refractivity contribution is 0.0588. The minimum Gasteiger partial charge on any atom is -0.464 e. The van der Waals surface area contributed by atoms with Crippen molar-refractivity contribution in [1.29, 1.82) is 0 Å². The van der Waals surface area contributed by atoms with Gasteiger partial charge in [-0.15, -0.1) is 0 Å². The number of carbonyl (C=O) groups is 1. The molecule has 0 spiro atoms. The van der Waals surface area contributed by atoms with Crippen LogP contribution in [0.4, 0.5) is 0 Å². The third-order valence-corrected chi connectivity index (χ3v) is 4.68. The van der Waals surface area contributed by atoms with Gasteiger partial charge in [0.25, 0.3) is 0 Å². The SMILES string of the molecule is COC(=O)c1cc(-c2cc3c(cc2C)sc(=O)n3C)nn1C. The Labute approximate surface area is 130 Å². The highest BCUT2D eigenvalue weighted by Crippen LogP contribution is 2.29. The molecule has 0 fully saturated rings. The minimum absolute atomic E-state index is 0.00261. The van der Waals surface area contributed by atoms with Crippen LogP contribution in [-0.2, 0) is 18.8 Å². The molecular formula is C15H15N3O3S. The van der Waals surface area contributed by atoms with Gasteiger partial charge < -0.3 is 9.30 Å². The van der Waals surface area contributed by atoms with Crippen molar-refractivity contribution in [2.45, 2.75) is 6.92 Å². The zero-order valence-electron chi connectivity index (χ0n) is 12.7. The zero-order chi connectivity index (χ0) is 16.0. The smallest absolute Gasteiger partial charge is 0.356 e. The lowest BCUT2D eigenvalue weighted by atomic mass is 10.0. The topological polar surface area (TPSA) is 66.1 Å². The first-order valence-corrected chi connectivity index (χ1v) is 7.47. The van der Waals surface area contributed by atoms with Crippen LogP contribution in [0.25, 0.3) is 21.5 Å². The van der Waals surface area contributed by atoms with Crippen molar-refractivity contribution in [2.24, 2.45) is 14.1 Å². The van der Waals surface area contributed by atoms with E-state index in [1.54, 1.807) is 24.7 Å². The van der Waals surface area contributed by atoms with Gasteiger partial charge >= 0.3 is 10.8 Å². The van der Waals surface area contributed by atoms with Crippen molar-refractivity contribution >= 4 is 27.5 Å². The first-order chi connectivity index (χ1) is 10.4. The second-order valence-corrected chi connectivity index (χ2v) is 6.09. The van der Waals surface area contributed by atoms with E-state index in [0.29, 0.717) is 11.4 Å². The Bertz CT molecular complexity index is 949. The maximum absolute atomic E-state index is 11.8. The van der Waals surface area contributed by atoms with E-state index < -0.39 is 5.97 Å². The fourth-order valence-corrected chi connectivity index (χ4v) is 3.40. The van der Waals surface area contributed by atoms with Crippen LogP contribution >= 0.6 is 11.3 Å². The molecule has 22 heavy (non-hydrogen) atoms. The molecular weight excluding hydrogens is 302 g/mol. The highest BCUT2D eigenvalue weighted by molar-refractivity contribution is 7.16. The second-order valence-electron chi connectivity index (χ2n) is 5.09. The molecule has 0 amide bonds. The van der Waals surface area contributed by atoms with Gasteiger partial charge in [0.1, 0.15) is 5.69 Å². The predicted molar refractivity (Wildman–Crippen MR) is 85.3 cm³/mol. The first kappa shape index (κ1) is 14.5. The number of carbonyl (C=O) groups excluding carboxylic acids is 1. The lowest BCUT2D eigenvalue weighted by Gasteiger charge is -2.04. The number of rotatable bonds is 2. The molecule has 3 rings (SSSR count). The van der Waals surface area contributed by atoms with Gasteiger partial charge in [0.15, 0.2) is 0 Å². The quantitative estimate of drug-likeness (QED) is 0.679. The number of methoxy groups -OCH3 is 1. The average molecular weight is 317 g/mol. The second kappa shape index (κ2) is 5.10. The van der Waals surface area contributed by atoms with E-state index in [-0.39, 0.29) is 4.87 Å². The molecule has 0 bridgehead atoms. The Morgan fingerprint density at radius 3 is 2.68 bits per heavy atom. The summed E-state index contributed by atoms with van der Waals surface area (Å²) in [5.41, 5.74) is 3.83. The highest BCUT2D eigenvalue weighted by Gasteiger charge is 2.17. The summed E-state index contributed by atoms with van der Waals surface area (Å²) in [6, 6.07) is 5.61. The molecule has 1 aromatic carbocycles. The number of nitrogens with zero attached hydrogens (tertiary/aromatic N) is 3. The highest BCUT2D eigenvalue weighted by atomic mass is 32.1. The van der Waals surface area contributed by atoms with Crippen LogP contribution in [0, 0.1) is 6.92 Å². The van der Waals surface area contributed by atoms with Crippen molar-refractivity contribution in [3.8, 4) is 11.3 Å². The van der Waals surface area contributed by atoms with Gasteiger partial charge in [0, 0.05) is 19.7 Å². The van der Waals surface area contributed by atoms with E-state index in [4.69, 9.17) is 4.74 Å². The summed E-state index contributed by atoms with van der Waals surface area (Å²) in [5.74, 6) is -0.428. The van der Waals surface area contributed by atoms with Crippen LogP contribution in [0.1, 0.15) is 16.1 Å². The largest absolute Gasteiger partial charge is 0.464 e. The molecule has 0 aliphatic rings. The van der Waals surface area contributed by atoms with Gasteiger partial charge in [0.05, 0.1) is 23.0 Å². The van der Waals surface area contributed by atoms with Gasteiger partial charge in [-0.2, -0.15) is 5.10 Å². The van der Waals surface area contributed by atoms with Crippen LogP contribution in [-0.4, -0.2) is 27.4 Å². The number of esters is 1.